The number of pyridine rings is 1. The summed E-state index contributed by atoms with van der Waals surface area (Å²) in [6.45, 7) is 1.64. The van der Waals surface area contributed by atoms with Crippen molar-refractivity contribution in [2.75, 3.05) is 26.7 Å². The number of benzene rings is 2. The number of likely N-dealkylation sites (tertiary alicyclic amines) is 1. The maximum Gasteiger partial charge on any atom is 0.303 e. The van der Waals surface area contributed by atoms with E-state index in [0.717, 1.165) is 6.07 Å². The number of rotatable bonds is 8. The summed E-state index contributed by atoms with van der Waals surface area (Å²) in [5.74, 6) is 4.06. The van der Waals surface area contributed by atoms with Crippen molar-refractivity contribution in [2.45, 2.75) is 38.2 Å². The lowest BCUT2D eigenvalue weighted by Gasteiger charge is -2.41. The summed E-state index contributed by atoms with van der Waals surface area (Å²) in [4.78, 5) is 18.2. The molecule has 2 aromatic carbocycles. The first-order valence-electron chi connectivity index (χ1n) is 12.4. The fourth-order valence-corrected chi connectivity index (χ4v) is 5.36. The van der Waals surface area contributed by atoms with Crippen LogP contribution < -0.4 is 4.74 Å². The SMILES string of the molecule is COc1ccc2ncc(Cl)c([C@@H](O)CCC3(CC(=O)O)CCN(CC#Cc4ccc(F)cc4F)CC3)c2c1. The third kappa shape index (κ3) is 6.60. The molecular formula is C29H29ClF2N2O4. The molecule has 1 aromatic heterocycles. The normalized spacial score (nSPS) is 16.0. The Hall–Kier alpha value is -3.25. The van der Waals surface area contributed by atoms with E-state index in [1.807, 2.05) is 0 Å². The van der Waals surface area contributed by atoms with Crippen LogP contribution in [0.25, 0.3) is 10.9 Å². The summed E-state index contributed by atoms with van der Waals surface area (Å²) in [6.07, 6.45) is 2.70. The van der Waals surface area contributed by atoms with Crippen molar-refractivity contribution in [3.8, 4) is 17.6 Å². The predicted octanol–water partition coefficient (Wildman–Crippen LogP) is 5.60. The van der Waals surface area contributed by atoms with Crippen molar-refractivity contribution in [1.29, 1.82) is 0 Å². The molecule has 1 saturated heterocycles. The summed E-state index contributed by atoms with van der Waals surface area (Å²) >= 11 is 6.44. The number of aromatic nitrogens is 1. The molecule has 1 fully saturated rings. The second-order valence-electron chi connectivity index (χ2n) is 9.73. The van der Waals surface area contributed by atoms with E-state index in [2.05, 4.69) is 21.7 Å². The van der Waals surface area contributed by atoms with Gasteiger partial charge in [-0.05, 0) is 74.5 Å². The predicted molar refractivity (Wildman–Crippen MR) is 141 cm³/mol. The molecule has 2 N–H and O–H groups in total. The van der Waals surface area contributed by atoms with Crippen LogP contribution in [0.15, 0.2) is 42.6 Å². The minimum absolute atomic E-state index is 0.00131. The Morgan fingerprint density at radius 1 is 1.24 bits per heavy atom. The van der Waals surface area contributed by atoms with Crippen LogP contribution in [0.4, 0.5) is 8.78 Å². The first-order valence-corrected chi connectivity index (χ1v) is 12.8. The van der Waals surface area contributed by atoms with E-state index in [-0.39, 0.29) is 12.0 Å². The average molecular weight is 543 g/mol. The molecule has 200 valence electrons. The molecular weight excluding hydrogens is 514 g/mol. The van der Waals surface area contributed by atoms with Crippen molar-refractivity contribution < 1.29 is 28.5 Å². The summed E-state index contributed by atoms with van der Waals surface area (Å²) < 4.78 is 32.2. The highest BCUT2D eigenvalue weighted by Gasteiger charge is 2.37. The lowest BCUT2D eigenvalue weighted by Crippen LogP contribution is -2.41. The van der Waals surface area contributed by atoms with Gasteiger partial charge in [-0.25, -0.2) is 8.78 Å². The average Bonchev–Trinajstić information content (AvgIpc) is 2.89. The van der Waals surface area contributed by atoms with Gasteiger partial charge >= 0.3 is 5.97 Å². The molecule has 0 spiro atoms. The van der Waals surface area contributed by atoms with Gasteiger partial charge in [0.1, 0.15) is 17.4 Å². The zero-order chi connectivity index (χ0) is 27.3. The number of hydrogen-bond donors (Lipinski definition) is 2. The van der Waals surface area contributed by atoms with Gasteiger partial charge in [0, 0.05) is 23.2 Å². The molecule has 2 heterocycles. The monoisotopic (exact) mass is 542 g/mol. The minimum Gasteiger partial charge on any atom is -0.497 e. The van der Waals surface area contributed by atoms with Crippen LogP contribution in [0.5, 0.6) is 5.75 Å². The van der Waals surface area contributed by atoms with Gasteiger partial charge in [-0.2, -0.15) is 0 Å². The van der Waals surface area contributed by atoms with Crippen molar-refractivity contribution in [1.82, 2.24) is 9.88 Å². The van der Waals surface area contributed by atoms with Crippen molar-refractivity contribution in [2.24, 2.45) is 5.41 Å². The van der Waals surface area contributed by atoms with Crippen LogP contribution in [0.1, 0.15) is 49.3 Å². The summed E-state index contributed by atoms with van der Waals surface area (Å²) in [5.41, 5.74) is 0.894. The molecule has 0 aliphatic carbocycles. The number of halogens is 3. The zero-order valence-corrected chi connectivity index (χ0v) is 21.8. The fraction of sp³-hybridized carbons (Fsp3) is 0.379. The maximum absolute atomic E-state index is 13.8. The molecule has 0 bridgehead atoms. The van der Waals surface area contributed by atoms with E-state index in [9.17, 15) is 23.8 Å². The number of carbonyl (C=O) groups is 1. The van der Waals surface area contributed by atoms with E-state index < -0.39 is 29.1 Å². The zero-order valence-electron chi connectivity index (χ0n) is 21.0. The minimum atomic E-state index is -0.903. The second-order valence-corrected chi connectivity index (χ2v) is 10.1. The molecule has 0 saturated carbocycles. The third-order valence-electron chi connectivity index (χ3n) is 7.25. The molecule has 0 unspecified atom stereocenters. The van der Waals surface area contributed by atoms with Gasteiger partial charge in [-0.3, -0.25) is 14.7 Å². The summed E-state index contributed by atoms with van der Waals surface area (Å²) in [6, 6.07) is 8.66. The molecule has 3 aromatic rings. The van der Waals surface area contributed by atoms with Gasteiger partial charge < -0.3 is 14.9 Å². The molecule has 1 aliphatic rings. The van der Waals surface area contributed by atoms with Gasteiger partial charge in [0.2, 0.25) is 0 Å². The van der Waals surface area contributed by atoms with Crippen LogP contribution in [-0.2, 0) is 4.79 Å². The standard InChI is InChI=1S/C29H29ClF2N2O4/c1-38-21-6-7-25-22(16-21)28(23(30)18-33-25)26(35)8-9-29(17-27(36)37)10-13-34(14-11-29)12-2-3-19-4-5-20(31)15-24(19)32/h4-7,15-16,18,26,35H,8-14,17H2,1H3,(H,36,37)/t26-/m0/s1. The number of methoxy groups -OCH3 is 1. The molecule has 0 radical (unpaired) electrons. The van der Waals surface area contributed by atoms with Gasteiger partial charge in [-0.15, -0.1) is 0 Å². The summed E-state index contributed by atoms with van der Waals surface area (Å²) in [5, 5.41) is 21.8. The highest BCUT2D eigenvalue weighted by Crippen LogP contribution is 2.43. The van der Waals surface area contributed by atoms with E-state index in [1.54, 1.807) is 25.3 Å². The number of nitrogens with zero attached hydrogens (tertiary/aromatic N) is 2. The number of piperidine rings is 1. The highest BCUT2D eigenvalue weighted by molar-refractivity contribution is 6.32. The lowest BCUT2D eigenvalue weighted by atomic mass is 9.71. The van der Waals surface area contributed by atoms with E-state index in [0.29, 0.717) is 72.6 Å². The quantitative estimate of drug-likeness (QED) is 0.361. The van der Waals surface area contributed by atoms with Crippen molar-refractivity contribution in [3.05, 3.63) is 70.4 Å². The third-order valence-corrected chi connectivity index (χ3v) is 7.55. The Morgan fingerprint density at radius 3 is 2.68 bits per heavy atom. The first kappa shape index (κ1) is 27.8. The topological polar surface area (TPSA) is 82.9 Å². The van der Waals surface area contributed by atoms with Gasteiger partial charge in [0.15, 0.2) is 0 Å². The maximum atomic E-state index is 13.8. The van der Waals surface area contributed by atoms with E-state index >= 15 is 0 Å². The number of aliphatic hydroxyl groups is 1. The number of fused-ring (bicyclic) bond motifs is 1. The number of hydrogen-bond acceptors (Lipinski definition) is 5. The number of aliphatic carboxylic acids is 1. The molecule has 4 rings (SSSR count). The Labute approximate surface area is 225 Å². The van der Waals surface area contributed by atoms with Gasteiger partial charge in [0.05, 0.1) is 42.3 Å². The Bertz CT molecular complexity index is 1380. The van der Waals surface area contributed by atoms with Crippen molar-refractivity contribution in [3.63, 3.8) is 0 Å². The van der Waals surface area contributed by atoms with Crippen LogP contribution >= 0.6 is 11.6 Å². The molecule has 0 amide bonds. The molecule has 1 atom stereocenters. The molecule has 9 heteroatoms. The van der Waals surface area contributed by atoms with Crippen molar-refractivity contribution >= 4 is 28.5 Å². The summed E-state index contributed by atoms with van der Waals surface area (Å²) in [7, 11) is 1.56. The Morgan fingerprint density at radius 2 is 2.00 bits per heavy atom. The molecule has 38 heavy (non-hydrogen) atoms. The Kier molecular flexibility index (Phi) is 8.83. The number of carboxylic acids is 1. The van der Waals surface area contributed by atoms with Crippen LogP contribution in [0.2, 0.25) is 5.02 Å². The van der Waals surface area contributed by atoms with E-state index in [4.69, 9.17) is 16.3 Å². The number of carboxylic acid groups (broad SMARTS) is 1. The van der Waals surface area contributed by atoms with Crippen LogP contribution in [-0.4, -0.2) is 52.8 Å². The number of aliphatic hydroxyl groups excluding tert-OH is 1. The number of ether oxygens (including phenoxy) is 1. The smallest absolute Gasteiger partial charge is 0.303 e. The lowest BCUT2D eigenvalue weighted by molar-refractivity contribution is -0.141. The molecule has 1 aliphatic heterocycles. The first-order chi connectivity index (χ1) is 18.2. The van der Waals surface area contributed by atoms with Gasteiger partial charge in [0.25, 0.3) is 0 Å². The largest absolute Gasteiger partial charge is 0.497 e. The second kappa shape index (κ2) is 12.1. The van der Waals surface area contributed by atoms with E-state index in [1.165, 1.54) is 18.3 Å². The van der Waals surface area contributed by atoms with Crippen LogP contribution in [0, 0.1) is 28.9 Å². The Balaban J connectivity index is 1.43. The highest BCUT2D eigenvalue weighted by atomic mass is 35.5. The fourth-order valence-electron chi connectivity index (χ4n) is 5.08. The molecule has 6 nitrogen and oxygen atoms in total. The van der Waals surface area contributed by atoms with Gasteiger partial charge in [-0.1, -0.05) is 23.4 Å². The van der Waals surface area contributed by atoms with Crippen LogP contribution in [0.3, 0.4) is 0 Å².